The molecule has 0 radical (unpaired) electrons. The number of hydrogen-bond acceptors (Lipinski definition) is 13. The van der Waals surface area contributed by atoms with Gasteiger partial charge in [0.2, 0.25) is 0 Å². The number of aromatic nitrogens is 5. The van der Waals surface area contributed by atoms with E-state index in [1.807, 2.05) is 52.7 Å². The Hall–Kier alpha value is -5.25. The van der Waals surface area contributed by atoms with Gasteiger partial charge in [0.15, 0.2) is 12.4 Å². The first kappa shape index (κ1) is 61.8. The summed E-state index contributed by atoms with van der Waals surface area (Å²) in [7, 11) is 2.02. The topological polar surface area (TPSA) is 228 Å². The van der Waals surface area contributed by atoms with Gasteiger partial charge >= 0.3 is 23.3 Å². The molecule has 2 saturated heterocycles. The minimum absolute atomic E-state index is 0. The first-order valence-corrected chi connectivity index (χ1v) is 26.1. The van der Waals surface area contributed by atoms with Crippen LogP contribution in [0.1, 0.15) is 110 Å². The molecule has 6 rings (SSSR count). The SMILES string of the molecule is C.C/C=C/c1cn(C2OC(CO)C(OC(=O)C3=CN(C)C=CC3)C2(C)C)c(=O)[nH]c1=O.CC.CC.C[n+]1cccc(C(=O)OC2C(CO)OC(n3cc(/C=C/[Si](C)(C)C)c(=O)[nH]c3=O)C2(C)C)c1.[Br-]. The Morgan fingerprint density at radius 3 is 1.72 bits per heavy atom. The number of esters is 2. The Morgan fingerprint density at radius 2 is 1.30 bits per heavy atom. The van der Waals surface area contributed by atoms with Crippen molar-refractivity contribution in [2.24, 2.45) is 17.9 Å². The van der Waals surface area contributed by atoms with Gasteiger partial charge in [-0.15, -0.1) is 0 Å². The summed E-state index contributed by atoms with van der Waals surface area (Å²) in [6.45, 7) is 22.5. The number of carbonyl (C=O) groups excluding carboxylic acids is 2. The van der Waals surface area contributed by atoms with Crippen LogP contribution in [0.5, 0.6) is 0 Å². The Bertz CT molecular complexity index is 2550. The monoisotopic (exact) mass is 1050 g/mol. The second kappa shape index (κ2) is 26.6. The first-order chi connectivity index (χ1) is 31.5. The van der Waals surface area contributed by atoms with Crippen molar-refractivity contribution in [3.8, 4) is 0 Å². The van der Waals surface area contributed by atoms with Gasteiger partial charge in [-0.1, -0.05) is 112 Å². The molecule has 3 aliphatic heterocycles. The number of ether oxygens (including phenoxy) is 4. The van der Waals surface area contributed by atoms with Gasteiger partial charge in [-0.25, -0.2) is 23.7 Å². The molecule has 0 amide bonds. The predicted molar refractivity (Wildman–Crippen MR) is 265 cm³/mol. The first-order valence-electron chi connectivity index (χ1n) is 22.5. The number of carbonyl (C=O) groups is 2. The lowest BCUT2D eigenvalue weighted by Crippen LogP contribution is -3.00. The smallest absolute Gasteiger partial charge is 0.344 e. The minimum Gasteiger partial charge on any atom is -1.00 e. The molecule has 6 heterocycles. The molecule has 3 aromatic heterocycles. The van der Waals surface area contributed by atoms with Crippen LogP contribution in [0.4, 0.5) is 0 Å². The van der Waals surface area contributed by atoms with Gasteiger partial charge in [0.25, 0.3) is 11.1 Å². The third kappa shape index (κ3) is 15.1. The number of aryl methyl sites for hydroxylation is 1. The Balaban J connectivity index is 0.000000629. The summed E-state index contributed by atoms with van der Waals surface area (Å²) in [6.07, 6.45) is 12.1. The van der Waals surface area contributed by atoms with E-state index in [1.165, 1.54) is 21.5 Å². The van der Waals surface area contributed by atoms with Crippen molar-refractivity contribution in [1.82, 2.24) is 24.0 Å². The maximum absolute atomic E-state index is 12.8. The molecule has 69 heavy (non-hydrogen) atoms. The molecule has 384 valence electrons. The molecule has 0 saturated carbocycles. The van der Waals surface area contributed by atoms with Gasteiger partial charge in [-0.2, -0.15) is 0 Å². The molecule has 0 spiro atoms. The highest BCUT2D eigenvalue weighted by Gasteiger charge is 2.55. The third-order valence-electron chi connectivity index (χ3n) is 10.9. The van der Waals surface area contributed by atoms with Crippen LogP contribution in [0, 0.1) is 10.8 Å². The van der Waals surface area contributed by atoms with E-state index in [4.69, 9.17) is 18.9 Å². The lowest BCUT2D eigenvalue weighted by Gasteiger charge is -2.32. The van der Waals surface area contributed by atoms with Gasteiger partial charge in [-0.3, -0.25) is 28.7 Å². The molecule has 2 fully saturated rings. The molecule has 4 N–H and O–H groups in total. The highest BCUT2D eigenvalue weighted by atomic mass is 79.9. The van der Waals surface area contributed by atoms with Crippen molar-refractivity contribution >= 4 is 32.2 Å². The van der Waals surface area contributed by atoms with E-state index < -0.39 is 103 Å². The summed E-state index contributed by atoms with van der Waals surface area (Å²) in [5, 5.41) is 19.8. The quantitative estimate of drug-likeness (QED) is 0.123. The summed E-state index contributed by atoms with van der Waals surface area (Å²) in [4.78, 5) is 81.4. The zero-order chi connectivity index (χ0) is 50.6. The summed E-state index contributed by atoms with van der Waals surface area (Å²) in [6, 6.07) is 3.37. The fraction of sp³-hybridized carbons (Fsp3) is 0.531. The highest BCUT2D eigenvalue weighted by Crippen LogP contribution is 2.47. The van der Waals surface area contributed by atoms with Crippen LogP contribution in [0.15, 0.2) is 91.9 Å². The van der Waals surface area contributed by atoms with Crippen LogP contribution in [-0.2, 0) is 30.8 Å². The summed E-state index contributed by atoms with van der Waals surface area (Å²) in [5.41, 5.74) is -0.560. The number of aromatic amines is 2. The average molecular weight is 1050 g/mol. The number of aliphatic hydroxyl groups is 2. The van der Waals surface area contributed by atoms with E-state index in [0.717, 1.165) is 0 Å². The molecule has 0 aliphatic carbocycles. The molecular weight excluding hydrogens is 973 g/mol. The van der Waals surface area contributed by atoms with Crippen LogP contribution in [0.3, 0.4) is 0 Å². The normalized spacial score (nSPS) is 22.1. The van der Waals surface area contributed by atoms with Crippen molar-refractivity contribution in [3.63, 3.8) is 0 Å². The number of H-pyrrole nitrogens is 2. The van der Waals surface area contributed by atoms with Crippen molar-refractivity contribution < 1.29 is 60.3 Å². The zero-order valence-corrected chi connectivity index (χ0v) is 44.3. The van der Waals surface area contributed by atoms with Crippen molar-refractivity contribution in [2.45, 2.75) is 133 Å². The lowest BCUT2D eigenvalue weighted by molar-refractivity contribution is -0.671. The standard InChI is InChI=1S/C23H31N3O6Si.C21H27N3O6.2C2H6.CH4.BrH/c1-23(2)18(32-20(29)16-8-7-10-25(3)12-16)17(14-27)31-21(23)26-13-15(9-11-33(4,5)6)19(28)24-22(26)30;1-5-7-13-11-24(20(28)22-17(13)26)19-21(2,3)16(15(12-25)29-19)30-18(27)14-8-6-9-23(4)10-14;2*1-2;;/h7-13,17-18,21,27H,14H2,1-6H3;5-7,9-11,15-16,19,25H,8,12H2,1-4H3,(H,22,26,28);2*1-2H3;1H4;1H/b11-9+;7-5+;;;;. The second-order valence-electron chi connectivity index (χ2n) is 18.1. The molecule has 6 atom stereocenters. The Labute approximate surface area is 416 Å². The second-order valence-corrected chi connectivity index (χ2v) is 23.1. The van der Waals surface area contributed by atoms with E-state index in [2.05, 4.69) is 29.6 Å². The largest absolute Gasteiger partial charge is 1.00 e. The highest BCUT2D eigenvalue weighted by molar-refractivity contribution is 6.81. The van der Waals surface area contributed by atoms with Gasteiger partial charge in [0, 0.05) is 49.0 Å². The van der Waals surface area contributed by atoms with Gasteiger partial charge in [0.05, 0.1) is 38.0 Å². The maximum Gasteiger partial charge on any atom is 0.344 e. The molecule has 0 bridgehead atoms. The van der Waals surface area contributed by atoms with Crippen LogP contribution in [0.2, 0.25) is 19.6 Å². The van der Waals surface area contributed by atoms with Crippen LogP contribution in [0.25, 0.3) is 12.2 Å². The minimum atomic E-state index is -1.58. The average Bonchev–Trinajstić information content (AvgIpc) is 3.68. The van der Waals surface area contributed by atoms with Crippen molar-refractivity contribution in [1.29, 1.82) is 0 Å². The summed E-state index contributed by atoms with van der Waals surface area (Å²) >= 11 is 0. The fourth-order valence-electron chi connectivity index (χ4n) is 7.66. The number of allylic oxidation sites excluding steroid dienone is 2. The Kier molecular flexibility index (Phi) is 23.9. The van der Waals surface area contributed by atoms with E-state index in [9.17, 15) is 39.0 Å². The number of nitrogens with zero attached hydrogens (tertiary/aromatic N) is 4. The molecule has 18 nitrogen and oxygen atoms in total. The summed E-state index contributed by atoms with van der Waals surface area (Å²) < 4.78 is 27.8. The zero-order valence-electron chi connectivity index (χ0n) is 41.7. The molecule has 0 aromatic carbocycles. The van der Waals surface area contributed by atoms with E-state index in [0.29, 0.717) is 28.7 Å². The molecule has 6 unspecified atom stereocenters. The number of aliphatic hydroxyl groups excluding tert-OH is 2. The van der Waals surface area contributed by atoms with Crippen molar-refractivity contribution in [2.75, 3.05) is 20.3 Å². The van der Waals surface area contributed by atoms with E-state index >= 15 is 0 Å². The number of hydrogen-bond donors (Lipinski definition) is 4. The van der Waals surface area contributed by atoms with Gasteiger partial charge in [0.1, 0.15) is 49.5 Å². The van der Waals surface area contributed by atoms with Crippen LogP contribution in [-0.4, -0.2) is 98.9 Å². The van der Waals surface area contributed by atoms with E-state index in [1.54, 1.807) is 100 Å². The lowest BCUT2D eigenvalue weighted by atomic mass is 9.84. The van der Waals surface area contributed by atoms with Gasteiger partial charge in [-0.05, 0) is 19.2 Å². The molecule has 20 heteroatoms. The number of halogens is 1. The maximum atomic E-state index is 12.8. The van der Waals surface area contributed by atoms with Crippen molar-refractivity contribution in [3.05, 3.63) is 131 Å². The molecule has 3 aromatic rings. The fourth-order valence-corrected chi connectivity index (χ4v) is 8.34. The number of rotatable bonds is 11. The summed E-state index contributed by atoms with van der Waals surface area (Å²) in [5.74, 6) is -1.06. The van der Waals surface area contributed by atoms with Gasteiger partial charge < -0.3 is 51.0 Å². The molecular formula is C49H75BrN6O12Si. The Morgan fingerprint density at radius 1 is 0.841 bits per heavy atom. The predicted octanol–water partition coefficient (Wildman–Crippen LogP) is 2.22. The van der Waals surface area contributed by atoms with E-state index in [-0.39, 0.29) is 24.4 Å². The third-order valence-corrected chi connectivity index (χ3v) is 12.1. The van der Waals surface area contributed by atoms with Crippen LogP contribution < -0.4 is 44.0 Å². The number of nitrogens with one attached hydrogen (secondary N) is 2. The number of pyridine rings is 1. The molecule has 3 aliphatic rings. The van der Waals surface area contributed by atoms with Crippen LogP contribution >= 0.6 is 0 Å².